The van der Waals surface area contributed by atoms with E-state index in [9.17, 15) is 9.18 Å². The Morgan fingerprint density at radius 3 is 2.96 bits per heavy atom. The van der Waals surface area contributed by atoms with Crippen LogP contribution in [0.3, 0.4) is 0 Å². The van der Waals surface area contributed by atoms with E-state index in [0.717, 1.165) is 12.8 Å². The van der Waals surface area contributed by atoms with E-state index < -0.39 is 17.6 Å². The molecule has 0 aliphatic carbocycles. The highest BCUT2D eigenvalue weighted by Gasteiger charge is 2.61. The van der Waals surface area contributed by atoms with Crippen LogP contribution in [0.15, 0.2) is 41.5 Å². The molecule has 7 nitrogen and oxygen atoms in total. The van der Waals surface area contributed by atoms with E-state index in [-0.39, 0.29) is 18.0 Å². The van der Waals surface area contributed by atoms with Gasteiger partial charge >= 0.3 is 0 Å². The summed E-state index contributed by atoms with van der Waals surface area (Å²) in [6.07, 6.45) is 2.11. The number of halogens is 1. The van der Waals surface area contributed by atoms with Crippen molar-refractivity contribution in [3.63, 3.8) is 0 Å². The van der Waals surface area contributed by atoms with Gasteiger partial charge in [-0.3, -0.25) is 9.69 Å². The maximum absolute atomic E-state index is 14.3. The number of aromatic nitrogens is 1. The maximum atomic E-state index is 14.3. The van der Waals surface area contributed by atoms with Gasteiger partial charge in [-0.05, 0) is 42.7 Å². The van der Waals surface area contributed by atoms with Crippen molar-refractivity contribution in [1.29, 1.82) is 0 Å². The van der Waals surface area contributed by atoms with Crippen LogP contribution in [0.25, 0.3) is 11.1 Å². The molecule has 144 valence electrons. The number of nitrogens with zero attached hydrogens (tertiary/aromatic N) is 3. The summed E-state index contributed by atoms with van der Waals surface area (Å²) in [5.41, 5.74) is 6.14. The monoisotopic (exact) mass is 382 g/mol. The van der Waals surface area contributed by atoms with Crippen LogP contribution in [0.5, 0.6) is 5.75 Å². The Morgan fingerprint density at radius 1 is 1.36 bits per heavy atom. The van der Waals surface area contributed by atoms with Crippen LogP contribution in [0, 0.1) is 5.95 Å². The van der Waals surface area contributed by atoms with Gasteiger partial charge < -0.3 is 15.2 Å². The molecule has 3 atom stereocenters. The molecule has 0 saturated carbocycles. The lowest BCUT2D eigenvalue weighted by Crippen LogP contribution is -2.58. The topological polar surface area (TPSA) is 90.0 Å². The summed E-state index contributed by atoms with van der Waals surface area (Å²) in [6.45, 7) is 0.519. The third-order valence-electron chi connectivity index (χ3n) is 5.68. The fourth-order valence-corrected chi connectivity index (χ4v) is 4.30. The second-order valence-corrected chi connectivity index (χ2v) is 7.24. The van der Waals surface area contributed by atoms with Crippen LogP contribution in [0.1, 0.15) is 18.4 Å². The maximum Gasteiger partial charge on any atom is 0.264 e. The molecule has 3 aliphatic rings. The number of hydrogen-bond acceptors (Lipinski definition) is 6. The van der Waals surface area contributed by atoms with Crippen molar-refractivity contribution in [2.45, 2.75) is 30.6 Å². The van der Waals surface area contributed by atoms with E-state index in [1.165, 1.54) is 11.1 Å². The fourth-order valence-electron chi connectivity index (χ4n) is 4.30. The standard InChI is InChI=1S/C20H19FN4O3/c1-25-18(26)20(24-19(25)22)13-10-11(12-4-2-8-23-17(12)21)6-7-14(13)28-15-5-3-9-27-16(15)20/h2,4,6-8,10,15-16H,3,5,9H2,1H3,(H2,22,24)/t15-,16-,20+/m0/s1. The molecule has 2 aromatic rings. The zero-order valence-electron chi connectivity index (χ0n) is 15.3. The number of rotatable bonds is 1. The Kier molecular flexibility index (Phi) is 3.67. The van der Waals surface area contributed by atoms with E-state index >= 15 is 0 Å². The van der Waals surface area contributed by atoms with E-state index in [0.29, 0.717) is 29.0 Å². The van der Waals surface area contributed by atoms with Crippen LogP contribution < -0.4 is 10.5 Å². The first-order valence-corrected chi connectivity index (χ1v) is 9.19. The summed E-state index contributed by atoms with van der Waals surface area (Å²) in [5, 5.41) is 0. The summed E-state index contributed by atoms with van der Waals surface area (Å²) in [7, 11) is 1.59. The molecule has 1 spiro atoms. The van der Waals surface area contributed by atoms with Gasteiger partial charge in [-0.15, -0.1) is 0 Å². The van der Waals surface area contributed by atoms with E-state index in [1.807, 2.05) is 0 Å². The molecule has 1 amide bonds. The van der Waals surface area contributed by atoms with Gasteiger partial charge in [-0.25, -0.2) is 9.98 Å². The highest BCUT2D eigenvalue weighted by molar-refractivity contribution is 6.08. The number of hydrogen-bond donors (Lipinski definition) is 1. The van der Waals surface area contributed by atoms with Crippen molar-refractivity contribution < 1.29 is 18.7 Å². The number of benzene rings is 1. The summed E-state index contributed by atoms with van der Waals surface area (Å²) in [6, 6.07) is 8.54. The van der Waals surface area contributed by atoms with Gasteiger partial charge in [-0.1, -0.05) is 6.07 Å². The number of ether oxygens (including phenoxy) is 2. The summed E-state index contributed by atoms with van der Waals surface area (Å²) in [4.78, 5) is 23.0. The molecule has 1 aromatic heterocycles. The Bertz CT molecular complexity index is 1010. The minimum Gasteiger partial charge on any atom is -0.487 e. The minimum absolute atomic E-state index is 0.128. The Labute approximate surface area is 161 Å². The molecular weight excluding hydrogens is 363 g/mol. The van der Waals surface area contributed by atoms with Gasteiger partial charge in [0.2, 0.25) is 11.5 Å². The normalized spacial score (nSPS) is 28.6. The summed E-state index contributed by atoms with van der Waals surface area (Å²) in [5.74, 6) is -0.183. The number of pyridine rings is 1. The van der Waals surface area contributed by atoms with Gasteiger partial charge in [-0.2, -0.15) is 4.39 Å². The number of carbonyl (C=O) groups is 1. The fraction of sp³-hybridized carbons (Fsp3) is 0.350. The van der Waals surface area contributed by atoms with Crippen LogP contribution in [0.4, 0.5) is 4.39 Å². The van der Waals surface area contributed by atoms with Crippen molar-refractivity contribution >= 4 is 11.9 Å². The van der Waals surface area contributed by atoms with Gasteiger partial charge in [0.15, 0.2) is 5.96 Å². The van der Waals surface area contributed by atoms with E-state index in [1.54, 1.807) is 37.4 Å². The van der Waals surface area contributed by atoms with Gasteiger partial charge in [0.25, 0.3) is 5.91 Å². The van der Waals surface area contributed by atoms with Crippen molar-refractivity contribution in [3.05, 3.63) is 48.0 Å². The number of nitrogens with two attached hydrogens (primary N) is 1. The average molecular weight is 382 g/mol. The van der Waals surface area contributed by atoms with Crippen LogP contribution >= 0.6 is 0 Å². The highest BCUT2D eigenvalue weighted by atomic mass is 19.1. The molecule has 0 bridgehead atoms. The summed E-state index contributed by atoms with van der Waals surface area (Å²) >= 11 is 0. The number of carbonyl (C=O) groups excluding carboxylic acids is 1. The molecule has 5 rings (SSSR count). The third kappa shape index (κ3) is 2.21. The smallest absolute Gasteiger partial charge is 0.264 e. The molecule has 28 heavy (non-hydrogen) atoms. The lowest BCUT2D eigenvalue weighted by molar-refractivity contribution is -0.151. The molecule has 2 N–H and O–H groups in total. The second kappa shape index (κ2) is 6.00. The Balaban J connectivity index is 1.74. The quantitative estimate of drug-likeness (QED) is 0.760. The molecule has 0 radical (unpaired) electrons. The second-order valence-electron chi connectivity index (χ2n) is 7.24. The van der Waals surface area contributed by atoms with Crippen molar-refractivity contribution in [3.8, 4) is 16.9 Å². The molecule has 1 fully saturated rings. The van der Waals surface area contributed by atoms with Crippen LogP contribution in [-0.4, -0.2) is 47.6 Å². The number of fused-ring (bicyclic) bond motifs is 4. The lowest BCUT2D eigenvalue weighted by Gasteiger charge is -2.45. The molecule has 4 heterocycles. The minimum atomic E-state index is -1.33. The van der Waals surface area contributed by atoms with Crippen molar-refractivity contribution in [1.82, 2.24) is 9.88 Å². The zero-order valence-corrected chi connectivity index (χ0v) is 15.3. The number of likely N-dealkylation sites (N-methyl/N-ethyl adjacent to an activating group) is 1. The number of amides is 1. The largest absolute Gasteiger partial charge is 0.487 e. The van der Waals surface area contributed by atoms with Crippen LogP contribution in [0.2, 0.25) is 0 Å². The number of aliphatic imine (C=N–C) groups is 1. The van der Waals surface area contributed by atoms with Crippen molar-refractivity contribution in [2.75, 3.05) is 13.7 Å². The predicted molar refractivity (Wildman–Crippen MR) is 99.1 cm³/mol. The first-order valence-electron chi connectivity index (χ1n) is 9.19. The Hall–Kier alpha value is -3.00. The molecule has 1 saturated heterocycles. The van der Waals surface area contributed by atoms with Crippen LogP contribution in [-0.2, 0) is 15.1 Å². The van der Waals surface area contributed by atoms with Gasteiger partial charge in [0.1, 0.15) is 18.0 Å². The number of guanidine groups is 1. The molecule has 8 heteroatoms. The molecule has 0 unspecified atom stereocenters. The van der Waals surface area contributed by atoms with Gasteiger partial charge in [0, 0.05) is 31.0 Å². The Morgan fingerprint density at radius 2 is 2.21 bits per heavy atom. The van der Waals surface area contributed by atoms with E-state index in [4.69, 9.17) is 15.2 Å². The van der Waals surface area contributed by atoms with Gasteiger partial charge in [0.05, 0.1) is 0 Å². The SMILES string of the molecule is CN1C(=O)[C@@]2(N=C1N)c1cc(-c3cccnc3F)ccc1O[C@H]1CCCO[C@@H]12. The van der Waals surface area contributed by atoms with E-state index in [2.05, 4.69) is 9.98 Å². The lowest BCUT2D eigenvalue weighted by atomic mass is 9.76. The molecule has 3 aliphatic heterocycles. The molecule has 1 aromatic carbocycles. The summed E-state index contributed by atoms with van der Waals surface area (Å²) < 4.78 is 26.4. The third-order valence-corrected chi connectivity index (χ3v) is 5.68. The first kappa shape index (κ1) is 17.1. The average Bonchev–Trinajstić information content (AvgIpc) is 2.93. The molecular formula is C20H19FN4O3. The first-order chi connectivity index (χ1) is 13.5. The zero-order chi connectivity index (χ0) is 19.5. The predicted octanol–water partition coefficient (Wildman–Crippen LogP) is 1.81. The van der Waals surface area contributed by atoms with Crippen molar-refractivity contribution in [2.24, 2.45) is 10.7 Å². The highest BCUT2D eigenvalue weighted by Crippen LogP contribution is 2.49.